The Morgan fingerprint density at radius 2 is 2.29 bits per heavy atom. The minimum atomic E-state index is 0.475. The molecule has 0 bridgehead atoms. The number of nitrogens with one attached hydrogen (secondary N) is 1. The molecule has 1 aromatic carbocycles. The van der Waals surface area contributed by atoms with Gasteiger partial charge in [-0.1, -0.05) is 24.3 Å². The van der Waals surface area contributed by atoms with Gasteiger partial charge in [0.15, 0.2) is 0 Å². The molecule has 0 amide bonds. The van der Waals surface area contributed by atoms with Gasteiger partial charge in [0.25, 0.3) is 0 Å². The van der Waals surface area contributed by atoms with Crippen molar-refractivity contribution >= 4 is 0 Å². The van der Waals surface area contributed by atoms with Gasteiger partial charge in [0.1, 0.15) is 0 Å². The number of nitrogens with zero attached hydrogens (tertiary/aromatic N) is 1. The molecule has 1 unspecified atom stereocenters. The van der Waals surface area contributed by atoms with Crippen LogP contribution in [-0.2, 0) is 0 Å². The second kappa shape index (κ2) is 4.68. The summed E-state index contributed by atoms with van der Waals surface area (Å²) in [5, 5.41) is 3.54. The maximum Gasteiger partial charge on any atom is 0.0346 e. The summed E-state index contributed by atoms with van der Waals surface area (Å²) in [6, 6.07) is 14.1. The van der Waals surface area contributed by atoms with Gasteiger partial charge in [-0.05, 0) is 42.6 Å². The highest BCUT2D eigenvalue weighted by Gasteiger charge is 2.19. The van der Waals surface area contributed by atoms with Gasteiger partial charge in [-0.15, -0.1) is 0 Å². The summed E-state index contributed by atoms with van der Waals surface area (Å²) in [6.07, 6.45) is 6.18. The molecule has 1 aliphatic rings. The standard InChI is InChI=1S/C15H15N2/c1-2-7-14(15-8-4-10-17-15)13(6-1)12-5-3-9-16-11-12/h1-3,5,7,9,11,15,17H,4,8,10H2. The molecule has 1 fully saturated rings. The largest absolute Gasteiger partial charge is 0.310 e. The Balaban J connectivity index is 2.04. The van der Waals surface area contributed by atoms with Crippen molar-refractivity contribution in [3.63, 3.8) is 0 Å². The molecule has 85 valence electrons. The van der Waals surface area contributed by atoms with E-state index in [2.05, 4.69) is 34.6 Å². The summed E-state index contributed by atoms with van der Waals surface area (Å²) >= 11 is 0. The van der Waals surface area contributed by atoms with E-state index < -0.39 is 0 Å². The van der Waals surface area contributed by atoms with Crippen LogP contribution in [-0.4, -0.2) is 11.5 Å². The molecule has 1 saturated heterocycles. The van der Waals surface area contributed by atoms with Gasteiger partial charge < -0.3 is 5.32 Å². The first-order valence-electron chi connectivity index (χ1n) is 6.09. The summed E-state index contributed by atoms with van der Waals surface area (Å²) < 4.78 is 0. The van der Waals surface area contributed by atoms with Crippen LogP contribution < -0.4 is 5.32 Å². The Hall–Kier alpha value is -1.67. The van der Waals surface area contributed by atoms with E-state index in [-0.39, 0.29) is 0 Å². The van der Waals surface area contributed by atoms with Gasteiger partial charge in [-0.2, -0.15) is 0 Å². The molecule has 3 rings (SSSR count). The molecule has 2 aromatic rings. The van der Waals surface area contributed by atoms with Gasteiger partial charge in [-0.25, -0.2) is 0 Å². The summed E-state index contributed by atoms with van der Waals surface area (Å²) in [6.45, 7) is 1.12. The van der Waals surface area contributed by atoms with Crippen LogP contribution in [0.1, 0.15) is 24.4 Å². The number of hydrogen-bond donors (Lipinski definition) is 1. The zero-order valence-corrected chi connectivity index (χ0v) is 9.69. The highest BCUT2D eigenvalue weighted by molar-refractivity contribution is 5.66. The Kier molecular flexibility index (Phi) is 2.88. The Labute approximate surface area is 102 Å². The van der Waals surface area contributed by atoms with E-state index in [1.165, 1.54) is 24.0 Å². The molecule has 17 heavy (non-hydrogen) atoms. The number of rotatable bonds is 2. The second-order valence-corrected chi connectivity index (χ2v) is 4.39. The van der Waals surface area contributed by atoms with Crippen LogP contribution >= 0.6 is 0 Å². The van der Waals surface area contributed by atoms with Crippen molar-refractivity contribution in [3.05, 3.63) is 54.4 Å². The highest BCUT2D eigenvalue weighted by Crippen LogP contribution is 2.31. The van der Waals surface area contributed by atoms with Gasteiger partial charge in [0.05, 0.1) is 0 Å². The van der Waals surface area contributed by atoms with Gasteiger partial charge >= 0.3 is 0 Å². The molecular weight excluding hydrogens is 208 g/mol. The number of aromatic nitrogens is 1. The first kappa shape index (κ1) is 10.5. The molecule has 1 aromatic heterocycles. The van der Waals surface area contributed by atoms with E-state index in [4.69, 9.17) is 0 Å². The van der Waals surface area contributed by atoms with E-state index in [1.54, 1.807) is 6.20 Å². The fraction of sp³-hybridized carbons (Fsp3) is 0.267. The van der Waals surface area contributed by atoms with Crippen LogP contribution in [0.15, 0.2) is 42.7 Å². The quantitative estimate of drug-likeness (QED) is 0.846. The lowest BCUT2D eigenvalue weighted by Gasteiger charge is -2.15. The third-order valence-corrected chi connectivity index (χ3v) is 3.27. The lowest BCUT2D eigenvalue weighted by Crippen LogP contribution is -2.13. The molecule has 1 aliphatic heterocycles. The molecule has 2 heteroatoms. The van der Waals surface area contributed by atoms with Gasteiger partial charge in [0, 0.05) is 24.0 Å². The second-order valence-electron chi connectivity index (χ2n) is 4.39. The monoisotopic (exact) mass is 223 g/mol. The maximum atomic E-state index is 4.19. The Bertz CT molecular complexity index is 487. The van der Waals surface area contributed by atoms with Gasteiger partial charge in [-0.3, -0.25) is 4.98 Å². The predicted molar refractivity (Wildman–Crippen MR) is 68.5 cm³/mol. The molecule has 2 nitrogen and oxygen atoms in total. The number of hydrogen-bond acceptors (Lipinski definition) is 2. The first-order valence-corrected chi connectivity index (χ1v) is 6.09. The summed E-state index contributed by atoms with van der Waals surface area (Å²) in [5.41, 5.74) is 3.68. The molecule has 0 spiro atoms. The van der Waals surface area contributed by atoms with Crippen molar-refractivity contribution in [2.24, 2.45) is 0 Å². The third kappa shape index (κ3) is 2.08. The molecular formula is C15H15N2. The van der Waals surface area contributed by atoms with Crippen LogP contribution in [0.3, 0.4) is 0 Å². The van der Waals surface area contributed by atoms with Crippen LogP contribution in [0.5, 0.6) is 0 Å². The Morgan fingerprint density at radius 3 is 3.06 bits per heavy atom. The fourth-order valence-electron chi connectivity index (χ4n) is 2.45. The van der Waals surface area contributed by atoms with Crippen molar-refractivity contribution in [1.82, 2.24) is 10.3 Å². The minimum absolute atomic E-state index is 0.475. The predicted octanol–water partition coefficient (Wildman–Crippen LogP) is 2.97. The summed E-state index contributed by atoms with van der Waals surface area (Å²) in [7, 11) is 0. The van der Waals surface area contributed by atoms with Crippen molar-refractivity contribution in [2.45, 2.75) is 18.9 Å². The lowest BCUT2D eigenvalue weighted by molar-refractivity contribution is 0.649. The number of benzene rings is 1. The molecule has 0 saturated carbocycles. The normalized spacial score (nSPS) is 19.4. The van der Waals surface area contributed by atoms with Crippen molar-refractivity contribution < 1.29 is 0 Å². The molecule has 2 heterocycles. The summed E-state index contributed by atoms with van der Waals surface area (Å²) in [4.78, 5) is 4.19. The maximum absolute atomic E-state index is 4.19. The zero-order valence-electron chi connectivity index (χ0n) is 9.69. The summed E-state index contributed by atoms with van der Waals surface area (Å²) in [5.74, 6) is 0. The molecule has 0 aliphatic carbocycles. The van der Waals surface area contributed by atoms with Crippen molar-refractivity contribution in [3.8, 4) is 11.1 Å². The molecule has 1 atom stereocenters. The highest BCUT2D eigenvalue weighted by atomic mass is 14.9. The SMILES string of the molecule is [c]1cccc(C2CCCN2)c1-c1cccnc1. The van der Waals surface area contributed by atoms with Crippen LogP contribution in [0.2, 0.25) is 0 Å². The topological polar surface area (TPSA) is 24.9 Å². The van der Waals surface area contributed by atoms with Crippen molar-refractivity contribution in [2.75, 3.05) is 6.54 Å². The fourth-order valence-corrected chi connectivity index (χ4v) is 2.45. The third-order valence-electron chi connectivity index (χ3n) is 3.27. The van der Waals surface area contributed by atoms with E-state index >= 15 is 0 Å². The van der Waals surface area contributed by atoms with Crippen LogP contribution in [0.4, 0.5) is 0 Å². The Morgan fingerprint density at radius 1 is 1.29 bits per heavy atom. The van der Waals surface area contributed by atoms with Crippen LogP contribution in [0.25, 0.3) is 11.1 Å². The number of pyridine rings is 1. The first-order chi connectivity index (χ1) is 8.45. The zero-order chi connectivity index (χ0) is 11.5. The van der Waals surface area contributed by atoms with E-state index in [0.717, 1.165) is 12.1 Å². The molecule has 1 radical (unpaired) electrons. The van der Waals surface area contributed by atoms with Crippen molar-refractivity contribution in [1.29, 1.82) is 0 Å². The van der Waals surface area contributed by atoms with Crippen LogP contribution in [0, 0.1) is 6.07 Å². The molecule has 1 N–H and O–H groups in total. The van der Waals surface area contributed by atoms with E-state index in [0.29, 0.717) is 6.04 Å². The average Bonchev–Trinajstić information content (AvgIpc) is 2.94. The van der Waals surface area contributed by atoms with Gasteiger partial charge in [0.2, 0.25) is 0 Å². The average molecular weight is 223 g/mol. The smallest absolute Gasteiger partial charge is 0.0346 e. The minimum Gasteiger partial charge on any atom is -0.310 e. The lowest BCUT2D eigenvalue weighted by atomic mass is 9.95. The van der Waals surface area contributed by atoms with E-state index in [1.807, 2.05) is 18.3 Å². The van der Waals surface area contributed by atoms with E-state index in [9.17, 15) is 0 Å².